The van der Waals surface area contributed by atoms with Crippen LogP contribution in [-0.2, 0) is 4.79 Å². The summed E-state index contributed by atoms with van der Waals surface area (Å²) in [5.74, 6) is -0.422. The van der Waals surface area contributed by atoms with Crippen LogP contribution in [0.3, 0.4) is 0 Å². The summed E-state index contributed by atoms with van der Waals surface area (Å²) in [6.07, 6.45) is 3.03. The van der Waals surface area contributed by atoms with Crippen molar-refractivity contribution in [2.45, 2.75) is 0 Å². The minimum absolute atomic E-state index is 0. The number of hydrogen-bond acceptors (Lipinski definition) is 1. The molecule has 0 spiro atoms. The van der Waals surface area contributed by atoms with Gasteiger partial charge in [0.05, 0.1) is 0 Å². The molecular weight excluding hydrogens is 161 g/mol. The van der Waals surface area contributed by atoms with E-state index in [1.165, 1.54) is 6.08 Å². The SMILES string of the molecule is NC(=O)/C=C/c1ccccc1.[NaH]. The summed E-state index contributed by atoms with van der Waals surface area (Å²) < 4.78 is 0. The van der Waals surface area contributed by atoms with Crippen molar-refractivity contribution in [3.63, 3.8) is 0 Å². The molecule has 0 radical (unpaired) electrons. The van der Waals surface area contributed by atoms with Gasteiger partial charge in [-0.2, -0.15) is 0 Å². The third-order valence-corrected chi connectivity index (χ3v) is 1.24. The van der Waals surface area contributed by atoms with Gasteiger partial charge in [-0.3, -0.25) is 4.79 Å². The fraction of sp³-hybridized carbons (Fsp3) is 0. The second-order valence-electron chi connectivity index (χ2n) is 2.15. The molecule has 1 amide bonds. The van der Waals surface area contributed by atoms with E-state index < -0.39 is 5.91 Å². The first-order chi connectivity index (χ1) is 5.29. The van der Waals surface area contributed by atoms with Crippen molar-refractivity contribution < 1.29 is 4.79 Å². The number of primary amides is 1. The van der Waals surface area contributed by atoms with E-state index in [-0.39, 0.29) is 29.6 Å². The van der Waals surface area contributed by atoms with Crippen molar-refractivity contribution in [1.82, 2.24) is 0 Å². The Labute approximate surface area is 93.8 Å². The van der Waals surface area contributed by atoms with E-state index in [1.807, 2.05) is 30.3 Å². The molecule has 0 aliphatic carbocycles. The first-order valence-electron chi connectivity index (χ1n) is 3.31. The Hall–Kier alpha value is -0.570. The zero-order chi connectivity index (χ0) is 8.10. The quantitative estimate of drug-likeness (QED) is 0.512. The molecule has 3 heteroatoms. The molecule has 0 unspecified atom stereocenters. The van der Waals surface area contributed by atoms with E-state index in [0.717, 1.165) is 5.56 Å². The molecule has 0 fully saturated rings. The Balaban J connectivity index is 0.00000121. The molecule has 1 rings (SSSR count). The fourth-order valence-corrected chi connectivity index (χ4v) is 0.743. The summed E-state index contributed by atoms with van der Waals surface area (Å²) in [5.41, 5.74) is 5.89. The normalized spacial score (nSPS) is 9.33. The maximum absolute atomic E-state index is 10.3. The topological polar surface area (TPSA) is 43.1 Å². The standard InChI is InChI=1S/C9H9NO.Na.H/c10-9(11)7-6-8-4-2-1-3-5-8;;/h1-7H,(H2,10,11);;/b7-6+;;. The molecule has 58 valence electrons. The number of rotatable bonds is 2. The van der Waals surface area contributed by atoms with Crippen LogP contribution in [0.25, 0.3) is 6.08 Å². The molecule has 2 N–H and O–H groups in total. The first-order valence-corrected chi connectivity index (χ1v) is 3.31. The van der Waals surface area contributed by atoms with E-state index in [4.69, 9.17) is 5.73 Å². The Bertz CT molecular complexity index is 269. The van der Waals surface area contributed by atoms with Gasteiger partial charge in [0.15, 0.2) is 0 Å². The molecule has 0 heterocycles. The molecule has 12 heavy (non-hydrogen) atoms. The van der Waals surface area contributed by atoms with Crippen LogP contribution < -0.4 is 5.73 Å². The average Bonchev–Trinajstić information content (AvgIpc) is 2.03. The van der Waals surface area contributed by atoms with E-state index in [1.54, 1.807) is 6.08 Å². The van der Waals surface area contributed by atoms with Crippen LogP contribution >= 0.6 is 0 Å². The molecule has 0 atom stereocenters. The van der Waals surface area contributed by atoms with E-state index in [9.17, 15) is 4.79 Å². The van der Waals surface area contributed by atoms with Gasteiger partial charge in [-0.1, -0.05) is 30.3 Å². The molecule has 0 aromatic heterocycles. The second-order valence-corrected chi connectivity index (χ2v) is 2.15. The van der Waals surface area contributed by atoms with Crippen LogP contribution in [0.4, 0.5) is 0 Å². The molecule has 0 saturated carbocycles. The fourth-order valence-electron chi connectivity index (χ4n) is 0.743. The predicted octanol–water partition coefficient (Wildman–Crippen LogP) is 0.537. The monoisotopic (exact) mass is 171 g/mol. The summed E-state index contributed by atoms with van der Waals surface area (Å²) in [4.78, 5) is 10.3. The van der Waals surface area contributed by atoms with Crippen molar-refractivity contribution in [3.05, 3.63) is 42.0 Å². The van der Waals surface area contributed by atoms with E-state index in [2.05, 4.69) is 0 Å². The van der Waals surface area contributed by atoms with Crippen LogP contribution in [0, 0.1) is 0 Å². The van der Waals surface area contributed by atoms with Gasteiger partial charge in [0.25, 0.3) is 0 Å². The predicted molar refractivity (Wildman–Crippen MR) is 51.8 cm³/mol. The van der Waals surface area contributed by atoms with Gasteiger partial charge in [-0.05, 0) is 11.6 Å². The number of amides is 1. The Morgan fingerprint density at radius 3 is 2.33 bits per heavy atom. The Morgan fingerprint density at radius 1 is 1.25 bits per heavy atom. The van der Waals surface area contributed by atoms with Crippen LogP contribution in [-0.4, -0.2) is 35.5 Å². The molecule has 2 nitrogen and oxygen atoms in total. The van der Waals surface area contributed by atoms with Crippen LogP contribution in [0.15, 0.2) is 36.4 Å². The molecule has 0 aliphatic heterocycles. The van der Waals surface area contributed by atoms with E-state index in [0.29, 0.717) is 0 Å². The molecule has 0 aliphatic rings. The van der Waals surface area contributed by atoms with Crippen LogP contribution in [0.1, 0.15) is 5.56 Å². The summed E-state index contributed by atoms with van der Waals surface area (Å²) in [7, 11) is 0. The number of benzene rings is 1. The van der Waals surface area contributed by atoms with Gasteiger partial charge < -0.3 is 5.73 Å². The third-order valence-electron chi connectivity index (χ3n) is 1.24. The van der Waals surface area contributed by atoms with Crippen molar-refractivity contribution in [2.75, 3.05) is 0 Å². The van der Waals surface area contributed by atoms with Gasteiger partial charge >= 0.3 is 29.6 Å². The summed E-state index contributed by atoms with van der Waals surface area (Å²) in [6.45, 7) is 0. The van der Waals surface area contributed by atoms with Crippen molar-refractivity contribution >= 4 is 41.5 Å². The number of carbonyl (C=O) groups is 1. The van der Waals surface area contributed by atoms with E-state index >= 15 is 0 Å². The average molecular weight is 171 g/mol. The first kappa shape index (κ1) is 11.4. The number of hydrogen-bond donors (Lipinski definition) is 1. The second kappa shape index (κ2) is 6.00. The van der Waals surface area contributed by atoms with Gasteiger partial charge in [0.1, 0.15) is 0 Å². The molecule has 1 aromatic rings. The Kier molecular flexibility index (Phi) is 5.72. The van der Waals surface area contributed by atoms with Crippen LogP contribution in [0.2, 0.25) is 0 Å². The van der Waals surface area contributed by atoms with Gasteiger partial charge in [-0.25, -0.2) is 0 Å². The summed E-state index contributed by atoms with van der Waals surface area (Å²) in [6, 6.07) is 9.53. The number of nitrogens with two attached hydrogens (primary N) is 1. The third kappa shape index (κ3) is 4.34. The molecule has 1 aromatic carbocycles. The molecular formula is C9H10NNaO. The zero-order valence-corrected chi connectivity index (χ0v) is 6.03. The van der Waals surface area contributed by atoms with Crippen molar-refractivity contribution in [2.24, 2.45) is 5.73 Å². The van der Waals surface area contributed by atoms with Gasteiger partial charge in [0, 0.05) is 6.08 Å². The maximum atomic E-state index is 10.3. The summed E-state index contributed by atoms with van der Waals surface area (Å²) >= 11 is 0. The minimum atomic E-state index is -0.422. The summed E-state index contributed by atoms with van der Waals surface area (Å²) in [5, 5.41) is 0. The van der Waals surface area contributed by atoms with Gasteiger partial charge in [0.2, 0.25) is 5.91 Å². The van der Waals surface area contributed by atoms with Gasteiger partial charge in [-0.15, -0.1) is 0 Å². The number of carbonyl (C=O) groups excluding carboxylic acids is 1. The van der Waals surface area contributed by atoms with Crippen molar-refractivity contribution in [1.29, 1.82) is 0 Å². The van der Waals surface area contributed by atoms with Crippen LogP contribution in [0.5, 0.6) is 0 Å². The van der Waals surface area contributed by atoms with Crippen molar-refractivity contribution in [3.8, 4) is 0 Å². The Morgan fingerprint density at radius 2 is 1.83 bits per heavy atom. The molecule has 0 bridgehead atoms. The molecule has 0 saturated heterocycles. The zero-order valence-electron chi connectivity index (χ0n) is 6.03.